The molecule has 0 fully saturated rings. The van der Waals surface area contributed by atoms with Crippen molar-refractivity contribution < 1.29 is 13.9 Å². The van der Waals surface area contributed by atoms with Gasteiger partial charge in [-0.2, -0.15) is 5.26 Å². The summed E-state index contributed by atoms with van der Waals surface area (Å²) >= 11 is 0. The molecule has 0 unspecified atom stereocenters. The van der Waals surface area contributed by atoms with E-state index in [4.69, 9.17) is 19.2 Å². The minimum absolute atomic E-state index is 0.300. The van der Waals surface area contributed by atoms with E-state index in [0.717, 1.165) is 11.4 Å². The minimum Gasteiger partial charge on any atom is -0.497 e. The number of ether oxygens (including phenoxy) is 2. The molecule has 1 aromatic heterocycles. The number of nitrogens with one attached hydrogen (secondary N) is 1. The summed E-state index contributed by atoms with van der Waals surface area (Å²) in [6.45, 7) is 0.463. The summed E-state index contributed by atoms with van der Waals surface area (Å²) in [6.07, 6.45) is 0. The van der Waals surface area contributed by atoms with Crippen LogP contribution in [-0.4, -0.2) is 14.2 Å². The van der Waals surface area contributed by atoms with Gasteiger partial charge < -0.3 is 19.2 Å². The van der Waals surface area contributed by atoms with Gasteiger partial charge in [0.2, 0.25) is 5.76 Å². The molecule has 0 saturated heterocycles. The monoisotopic (exact) mass is 258 g/mol. The van der Waals surface area contributed by atoms with Crippen molar-refractivity contribution in [1.82, 2.24) is 0 Å². The van der Waals surface area contributed by atoms with E-state index in [0.29, 0.717) is 23.8 Å². The zero-order chi connectivity index (χ0) is 13.7. The highest BCUT2D eigenvalue weighted by Crippen LogP contribution is 2.29. The van der Waals surface area contributed by atoms with E-state index in [9.17, 15) is 0 Å². The summed E-state index contributed by atoms with van der Waals surface area (Å²) in [7, 11) is 3.21. The number of benzene rings is 1. The first-order valence-corrected chi connectivity index (χ1v) is 5.71. The van der Waals surface area contributed by atoms with E-state index in [2.05, 4.69) is 5.32 Å². The fourth-order valence-corrected chi connectivity index (χ4v) is 1.67. The Morgan fingerprint density at radius 2 is 2.05 bits per heavy atom. The highest BCUT2D eigenvalue weighted by Gasteiger charge is 2.06. The lowest BCUT2D eigenvalue weighted by molar-refractivity contribution is 0.404. The Hall–Kier alpha value is -2.61. The molecule has 0 atom stereocenters. The first kappa shape index (κ1) is 12.8. The van der Waals surface area contributed by atoms with Crippen LogP contribution >= 0.6 is 0 Å². The average molecular weight is 258 g/mol. The quantitative estimate of drug-likeness (QED) is 0.893. The summed E-state index contributed by atoms with van der Waals surface area (Å²) in [5.41, 5.74) is 0.803. The molecule has 19 heavy (non-hydrogen) atoms. The average Bonchev–Trinajstić information content (AvgIpc) is 2.92. The van der Waals surface area contributed by atoms with Crippen molar-refractivity contribution in [1.29, 1.82) is 5.26 Å². The Morgan fingerprint density at radius 3 is 2.68 bits per heavy atom. The van der Waals surface area contributed by atoms with Crippen molar-refractivity contribution >= 4 is 5.69 Å². The third-order valence-corrected chi connectivity index (χ3v) is 2.63. The maximum atomic E-state index is 8.69. The van der Waals surface area contributed by atoms with Crippen LogP contribution in [0, 0.1) is 11.3 Å². The second kappa shape index (κ2) is 5.83. The van der Waals surface area contributed by atoms with Gasteiger partial charge in [0.1, 0.15) is 23.3 Å². The van der Waals surface area contributed by atoms with Crippen molar-refractivity contribution in [3.63, 3.8) is 0 Å². The van der Waals surface area contributed by atoms with Gasteiger partial charge in [-0.15, -0.1) is 0 Å². The number of anilines is 1. The first-order chi connectivity index (χ1) is 9.26. The molecule has 0 bridgehead atoms. The smallest absolute Gasteiger partial charge is 0.203 e. The van der Waals surface area contributed by atoms with Gasteiger partial charge in [0.15, 0.2) is 0 Å². The van der Waals surface area contributed by atoms with Gasteiger partial charge in [0.05, 0.1) is 26.5 Å². The van der Waals surface area contributed by atoms with E-state index in [1.165, 1.54) is 0 Å². The van der Waals surface area contributed by atoms with E-state index in [1.54, 1.807) is 26.4 Å². The number of nitrogens with zero attached hydrogens (tertiary/aromatic N) is 1. The number of hydrogen-bond acceptors (Lipinski definition) is 5. The van der Waals surface area contributed by atoms with Crippen LogP contribution in [0.15, 0.2) is 34.7 Å². The van der Waals surface area contributed by atoms with Gasteiger partial charge in [0, 0.05) is 6.07 Å². The summed E-state index contributed by atoms with van der Waals surface area (Å²) < 4.78 is 15.7. The van der Waals surface area contributed by atoms with E-state index in [1.807, 2.05) is 24.3 Å². The molecular formula is C14H14N2O3. The van der Waals surface area contributed by atoms with Crippen LogP contribution in [0.4, 0.5) is 5.69 Å². The van der Waals surface area contributed by atoms with Crippen LogP contribution in [0.5, 0.6) is 11.5 Å². The molecular weight excluding hydrogens is 244 g/mol. The second-order valence-corrected chi connectivity index (χ2v) is 3.80. The van der Waals surface area contributed by atoms with E-state index >= 15 is 0 Å². The van der Waals surface area contributed by atoms with Crippen LogP contribution in [0.3, 0.4) is 0 Å². The lowest BCUT2D eigenvalue weighted by Gasteiger charge is -2.11. The molecule has 5 heteroatoms. The SMILES string of the molecule is COc1ccc(OC)c(NCc2ccc(C#N)o2)c1. The highest BCUT2D eigenvalue weighted by atomic mass is 16.5. The molecule has 1 N–H and O–H groups in total. The van der Waals surface area contributed by atoms with Gasteiger partial charge >= 0.3 is 0 Å². The molecule has 2 aromatic rings. The molecule has 0 aliphatic rings. The maximum Gasteiger partial charge on any atom is 0.203 e. The summed E-state index contributed by atoms with van der Waals surface area (Å²) in [5, 5.41) is 11.9. The Balaban J connectivity index is 2.11. The standard InChI is InChI=1S/C14H14N2O3/c1-17-10-5-6-14(18-2)13(7-10)16-9-12-4-3-11(8-15)19-12/h3-7,16H,9H2,1-2H3. The lowest BCUT2D eigenvalue weighted by Crippen LogP contribution is -2.01. The summed E-state index contributed by atoms with van der Waals surface area (Å²) in [4.78, 5) is 0. The number of rotatable bonds is 5. The maximum absolute atomic E-state index is 8.69. The lowest BCUT2D eigenvalue weighted by atomic mass is 10.2. The van der Waals surface area contributed by atoms with Gasteiger partial charge in [-0.3, -0.25) is 0 Å². The molecule has 0 spiro atoms. The second-order valence-electron chi connectivity index (χ2n) is 3.80. The van der Waals surface area contributed by atoms with Crippen LogP contribution < -0.4 is 14.8 Å². The van der Waals surface area contributed by atoms with Crippen molar-refractivity contribution in [3.05, 3.63) is 41.9 Å². The Labute approximate surface area is 111 Å². The predicted molar refractivity (Wildman–Crippen MR) is 70.3 cm³/mol. The Morgan fingerprint density at radius 1 is 1.21 bits per heavy atom. The van der Waals surface area contributed by atoms with Gasteiger partial charge in [-0.1, -0.05) is 0 Å². The molecule has 0 saturated carbocycles. The fraction of sp³-hybridized carbons (Fsp3) is 0.214. The van der Waals surface area contributed by atoms with Crippen molar-refractivity contribution in [2.45, 2.75) is 6.54 Å². The van der Waals surface area contributed by atoms with E-state index in [-0.39, 0.29) is 0 Å². The molecule has 2 rings (SSSR count). The topological polar surface area (TPSA) is 67.4 Å². The molecule has 0 radical (unpaired) electrons. The largest absolute Gasteiger partial charge is 0.497 e. The van der Waals surface area contributed by atoms with Crippen LogP contribution in [0.1, 0.15) is 11.5 Å². The summed E-state index contributed by atoms with van der Waals surface area (Å²) in [5.74, 6) is 2.43. The molecule has 0 amide bonds. The third kappa shape index (κ3) is 2.99. The van der Waals surface area contributed by atoms with Crippen molar-refractivity contribution in [2.24, 2.45) is 0 Å². The van der Waals surface area contributed by atoms with Gasteiger partial charge in [-0.25, -0.2) is 0 Å². The molecule has 1 aromatic carbocycles. The van der Waals surface area contributed by atoms with Gasteiger partial charge in [-0.05, 0) is 24.3 Å². The number of nitriles is 1. The Bertz CT molecular complexity index is 599. The third-order valence-electron chi connectivity index (χ3n) is 2.63. The molecule has 1 heterocycles. The highest BCUT2D eigenvalue weighted by molar-refractivity contribution is 5.59. The number of hydrogen-bond donors (Lipinski definition) is 1. The fourth-order valence-electron chi connectivity index (χ4n) is 1.67. The number of methoxy groups -OCH3 is 2. The van der Waals surface area contributed by atoms with Crippen molar-refractivity contribution in [2.75, 3.05) is 19.5 Å². The zero-order valence-electron chi connectivity index (χ0n) is 10.8. The van der Waals surface area contributed by atoms with Crippen LogP contribution in [0.2, 0.25) is 0 Å². The van der Waals surface area contributed by atoms with E-state index < -0.39 is 0 Å². The molecule has 5 nitrogen and oxygen atoms in total. The normalized spacial score (nSPS) is 9.74. The molecule has 0 aliphatic carbocycles. The Kier molecular flexibility index (Phi) is 3.94. The summed E-state index contributed by atoms with van der Waals surface area (Å²) in [6, 6.07) is 10.8. The van der Waals surface area contributed by atoms with Crippen LogP contribution in [0.25, 0.3) is 0 Å². The first-order valence-electron chi connectivity index (χ1n) is 5.71. The zero-order valence-corrected chi connectivity index (χ0v) is 10.8. The molecule has 0 aliphatic heterocycles. The predicted octanol–water partition coefficient (Wildman–Crippen LogP) is 2.78. The minimum atomic E-state index is 0.300. The van der Waals surface area contributed by atoms with Gasteiger partial charge in [0.25, 0.3) is 0 Å². The van der Waals surface area contributed by atoms with Crippen molar-refractivity contribution in [3.8, 4) is 17.6 Å². The molecule has 98 valence electrons. The van der Waals surface area contributed by atoms with Crippen LogP contribution in [-0.2, 0) is 6.54 Å². The number of furan rings is 1.